The molecule has 2 atom stereocenters. The molecule has 0 radical (unpaired) electrons. The number of hydrogen-bond donors (Lipinski definition) is 3. The maximum atomic E-state index is 12.9. The number of carboxylic acid groups (broad SMARTS) is 1. The summed E-state index contributed by atoms with van der Waals surface area (Å²) in [6.07, 6.45) is 6.02. The number of rotatable bonds is 8. The second kappa shape index (κ2) is 10.0. The highest BCUT2D eigenvalue weighted by atomic mass is 32.2. The van der Waals surface area contributed by atoms with Gasteiger partial charge in [-0.25, -0.2) is 19.7 Å². The number of fused-ring (bicyclic) bond motifs is 1. The van der Waals surface area contributed by atoms with Crippen LogP contribution in [0.25, 0.3) is 0 Å². The molecule has 2 aromatic rings. The van der Waals surface area contributed by atoms with Crippen LogP contribution in [0.2, 0.25) is 0 Å². The smallest absolute Gasteiger partial charge is 0.352 e. The zero-order valence-electron chi connectivity index (χ0n) is 17.6. The van der Waals surface area contributed by atoms with Crippen LogP contribution >= 0.6 is 23.5 Å². The van der Waals surface area contributed by atoms with Crippen LogP contribution in [0.15, 0.2) is 52.3 Å². The van der Waals surface area contributed by atoms with E-state index >= 15 is 0 Å². The van der Waals surface area contributed by atoms with Gasteiger partial charge in [0.1, 0.15) is 35.1 Å². The fourth-order valence-corrected chi connectivity index (χ4v) is 5.59. The van der Waals surface area contributed by atoms with Gasteiger partial charge in [-0.3, -0.25) is 19.5 Å². The number of hydrogen-bond acceptors (Lipinski definition) is 12. The Morgan fingerprint density at radius 2 is 2.21 bits per heavy atom. The number of nitrogens with zero attached hydrogens (tertiary/aromatic N) is 6. The van der Waals surface area contributed by atoms with Crippen LogP contribution in [0, 0.1) is 0 Å². The Hall–Kier alpha value is -3.72. The second-order valence-corrected chi connectivity index (χ2v) is 8.98. The van der Waals surface area contributed by atoms with Crippen LogP contribution in [0.5, 0.6) is 0 Å². The number of oxime groups is 1. The highest BCUT2D eigenvalue weighted by Gasteiger charge is 2.54. The molecule has 2 amide bonds. The Morgan fingerprint density at radius 3 is 2.88 bits per heavy atom. The quantitative estimate of drug-likeness (QED) is 0.186. The first-order chi connectivity index (χ1) is 16.4. The molecule has 0 spiro atoms. The number of nitrogens with one attached hydrogen (secondary N) is 1. The number of anilines is 1. The summed E-state index contributed by atoms with van der Waals surface area (Å²) in [6.45, 7) is 0. The van der Waals surface area contributed by atoms with Crippen LogP contribution in [0.3, 0.4) is 0 Å². The van der Waals surface area contributed by atoms with E-state index in [4.69, 9.17) is 10.6 Å². The van der Waals surface area contributed by atoms with Gasteiger partial charge in [0.05, 0.1) is 6.20 Å². The van der Waals surface area contributed by atoms with Crippen LogP contribution in [0.1, 0.15) is 5.82 Å². The molecule has 176 valence electrons. The molecule has 34 heavy (non-hydrogen) atoms. The molecule has 0 saturated carbocycles. The third-order valence-corrected chi connectivity index (χ3v) is 7.10. The van der Waals surface area contributed by atoms with Crippen LogP contribution in [-0.2, 0) is 19.2 Å². The predicted octanol–water partition coefficient (Wildman–Crippen LogP) is -0.270. The summed E-state index contributed by atoms with van der Waals surface area (Å²) in [4.78, 5) is 59.7. The van der Waals surface area contributed by atoms with Crippen molar-refractivity contribution in [3.63, 3.8) is 0 Å². The lowest BCUT2D eigenvalue weighted by Crippen LogP contribution is -2.71. The first-order valence-electron chi connectivity index (χ1n) is 9.70. The molecule has 4 rings (SSSR count). The van der Waals surface area contributed by atoms with E-state index in [1.165, 1.54) is 47.8 Å². The number of carboxylic acids is 1. The second-order valence-electron chi connectivity index (χ2n) is 6.88. The molecule has 2 aliphatic rings. The molecule has 15 heteroatoms. The number of aromatic nitrogens is 4. The van der Waals surface area contributed by atoms with E-state index in [0.717, 1.165) is 0 Å². The number of carbonyl (C=O) groups excluding carboxylic acids is 2. The van der Waals surface area contributed by atoms with Gasteiger partial charge in [-0.1, -0.05) is 5.16 Å². The Morgan fingerprint density at radius 1 is 1.38 bits per heavy atom. The van der Waals surface area contributed by atoms with Gasteiger partial charge < -0.3 is 21.0 Å². The summed E-state index contributed by atoms with van der Waals surface area (Å²) >= 11 is 2.68. The van der Waals surface area contributed by atoms with Crippen LogP contribution < -0.4 is 11.1 Å². The standard InChI is InChI=1S/C19H18N8O5S2/c1-32-26-12(15-23-3-2-10(20)24-15)16(28)25-13-17(29)27-14(19(30)31)9(8-34-18(13)27)7-33-11-6-21-4-5-22-11/h2-6,13,18H,7-8H2,1H3,(H,25,28)(H,30,31)(H2,20,23,24)/t13?,18-/m1/s1. The Labute approximate surface area is 201 Å². The molecular formula is C19H18N8O5S2. The number of thioether (sulfide) groups is 2. The molecular weight excluding hydrogens is 484 g/mol. The monoisotopic (exact) mass is 502 g/mol. The van der Waals surface area contributed by atoms with Gasteiger partial charge >= 0.3 is 5.97 Å². The maximum Gasteiger partial charge on any atom is 0.352 e. The van der Waals surface area contributed by atoms with E-state index < -0.39 is 29.2 Å². The molecule has 0 bridgehead atoms. The molecule has 1 fully saturated rings. The van der Waals surface area contributed by atoms with Gasteiger partial charge in [0.15, 0.2) is 5.82 Å². The van der Waals surface area contributed by atoms with Crippen molar-refractivity contribution < 1.29 is 24.3 Å². The maximum absolute atomic E-state index is 12.9. The van der Waals surface area contributed by atoms with Crippen molar-refractivity contribution in [3.05, 3.63) is 47.9 Å². The van der Waals surface area contributed by atoms with E-state index in [9.17, 15) is 19.5 Å². The van der Waals surface area contributed by atoms with Gasteiger partial charge in [-0.2, -0.15) is 0 Å². The summed E-state index contributed by atoms with van der Waals surface area (Å²) in [5.41, 5.74) is 5.88. The lowest BCUT2D eigenvalue weighted by atomic mass is 10.0. The number of aliphatic carboxylic acids is 1. The molecule has 2 aliphatic heterocycles. The topological polar surface area (TPSA) is 186 Å². The number of nitrogen functional groups attached to an aromatic ring is 1. The SMILES string of the molecule is CON=C(C(=O)NC1C(=O)N2C(C(=O)O)=C(CSc3cnccn3)CS[C@H]12)c1nccc(N)n1. The highest BCUT2D eigenvalue weighted by Crippen LogP contribution is 2.41. The van der Waals surface area contributed by atoms with Crippen molar-refractivity contribution in [1.29, 1.82) is 0 Å². The van der Waals surface area contributed by atoms with Gasteiger partial charge in [0.2, 0.25) is 5.71 Å². The van der Waals surface area contributed by atoms with Gasteiger partial charge in [0.25, 0.3) is 11.8 Å². The number of amides is 2. The minimum absolute atomic E-state index is 0.0753. The minimum Gasteiger partial charge on any atom is -0.477 e. The van der Waals surface area contributed by atoms with E-state index in [2.05, 4.69) is 30.4 Å². The Kier molecular flexibility index (Phi) is 6.93. The normalized spacial score (nSPS) is 19.9. The van der Waals surface area contributed by atoms with Gasteiger partial charge in [-0.05, 0) is 11.6 Å². The fraction of sp³-hybridized carbons (Fsp3) is 0.263. The summed E-state index contributed by atoms with van der Waals surface area (Å²) in [7, 11) is 1.25. The first kappa shape index (κ1) is 23.4. The third kappa shape index (κ3) is 4.65. The van der Waals surface area contributed by atoms with E-state index in [1.54, 1.807) is 18.6 Å². The first-order valence-corrected chi connectivity index (χ1v) is 11.7. The van der Waals surface area contributed by atoms with E-state index in [0.29, 0.717) is 22.1 Å². The summed E-state index contributed by atoms with van der Waals surface area (Å²) in [5.74, 6) is -1.77. The molecule has 0 aromatic carbocycles. The largest absolute Gasteiger partial charge is 0.477 e. The van der Waals surface area contributed by atoms with Crippen molar-refractivity contribution in [1.82, 2.24) is 30.2 Å². The molecule has 1 unspecified atom stereocenters. The predicted molar refractivity (Wildman–Crippen MR) is 122 cm³/mol. The van der Waals surface area contributed by atoms with Gasteiger partial charge in [0, 0.05) is 30.1 Å². The fourth-order valence-electron chi connectivity index (χ4n) is 3.29. The van der Waals surface area contributed by atoms with Crippen molar-refractivity contribution >= 4 is 52.8 Å². The average molecular weight is 503 g/mol. The average Bonchev–Trinajstić information content (AvgIpc) is 2.84. The molecule has 4 N–H and O–H groups in total. The zero-order chi connectivity index (χ0) is 24.2. The number of nitrogens with two attached hydrogens (primary N) is 1. The van der Waals surface area contributed by atoms with E-state index in [-0.39, 0.29) is 23.1 Å². The summed E-state index contributed by atoms with van der Waals surface area (Å²) in [5, 5.41) is 16.1. The Balaban J connectivity index is 1.50. The van der Waals surface area contributed by atoms with Crippen molar-refractivity contribution in [3.8, 4) is 0 Å². The molecule has 0 aliphatic carbocycles. The third-order valence-electron chi connectivity index (χ3n) is 4.76. The molecule has 1 saturated heterocycles. The molecule has 2 aromatic heterocycles. The summed E-state index contributed by atoms with van der Waals surface area (Å²) in [6, 6.07) is 0.488. The van der Waals surface area contributed by atoms with Crippen molar-refractivity contribution in [2.24, 2.45) is 5.16 Å². The molecule has 4 heterocycles. The Bertz CT molecular complexity index is 1190. The summed E-state index contributed by atoms with van der Waals surface area (Å²) < 4.78 is 0. The number of β-lactam (4-membered cyclic amide) rings is 1. The lowest BCUT2D eigenvalue weighted by molar-refractivity contribution is -0.150. The van der Waals surface area contributed by atoms with Crippen LogP contribution in [0.4, 0.5) is 5.82 Å². The highest BCUT2D eigenvalue weighted by molar-refractivity contribution is 8.01. The minimum atomic E-state index is -1.21. The van der Waals surface area contributed by atoms with Crippen LogP contribution in [-0.4, -0.2) is 83.5 Å². The van der Waals surface area contributed by atoms with Gasteiger partial charge in [-0.15, -0.1) is 23.5 Å². The van der Waals surface area contributed by atoms with Crippen molar-refractivity contribution in [2.45, 2.75) is 16.4 Å². The van der Waals surface area contributed by atoms with E-state index in [1.807, 2.05) is 0 Å². The van der Waals surface area contributed by atoms with Crippen molar-refractivity contribution in [2.75, 3.05) is 24.3 Å². The zero-order valence-corrected chi connectivity index (χ0v) is 19.2. The lowest BCUT2D eigenvalue weighted by Gasteiger charge is -2.49. The molecule has 13 nitrogen and oxygen atoms in total. The number of carbonyl (C=O) groups is 3.